The number of hydrogen-bond donors (Lipinski definition) is 3. The standard InChI is InChI=1S/C29H32FN7O4S/c1-18(2)37-17-26(28(34-37)20-5-6-21-16-36(3)12-10-19(21)13-20)33-29(38)32-25-8-7-22(14-24(25)30)41-23-9-11-31-27(15-23)35-42(4,39)40/h5-9,11,13-15,17-18H,10,12,16H2,1-4H3,(H,31,35)(H2,32,33,38). The molecule has 11 nitrogen and oxygen atoms in total. The van der Waals surface area contributed by atoms with Crippen molar-refractivity contribution in [1.82, 2.24) is 19.7 Å². The monoisotopic (exact) mass is 593 g/mol. The molecule has 3 N–H and O–H groups in total. The molecule has 0 fully saturated rings. The lowest BCUT2D eigenvalue weighted by Crippen LogP contribution is -2.26. The summed E-state index contributed by atoms with van der Waals surface area (Å²) in [5.41, 5.74) is 4.52. The molecule has 2 aromatic carbocycles. The second kappa shape index (κ2) is 11.8. The topological polar surface area (TPSA) is 130 Å². The number of halogens is 1. The molecule has 4 aromatic rings. The Balaban J connectivity index is 1.30. The maximum atomic E-state index is 14.9. The molecule has 5 rings (SSSR count). The van der Waals surface area contributed by atoms with Crippen LogP contribution in [0.2, 0.25) is 0 Å². The Hall–Kier alpha value is -4.49. The number of carbonyl (C=O) groups is 1. The molecule has 0 aliphatic carbocycles. The van der Waals surface area contributed by atoms with Crippen molar-refractivity contribution in [3.8, 4) is 22.8 Å². The van der Waals surface area contributed by atoms with Crippen LogP contribution in [0.25, 0.3) is 11.3 Å². The summed E-state index contributed by atoms with van der Waals surface area (Å²) in [6.45, 7) is 5.86. The van der Waals surface area contributed by atoms with Gasteiger partial charge in [-0.05, 0) is 62.7 Å². The lowest BCUT2D eigenvalue weighted by molar-refractivity contribution is 0.262. The summed E-state index contributed by atoms with van der Waals surface area (Å²) in [7, 11) is -1.42. The Morgan fingerprint density at radius 2 is 1.79 bits per heavy atom. The molecule has 3 heterocycles. The first-order valence-electron chi connectivity index (χ1n) is 13.3. The maximum Gasteiger partial charge on any atom is 0.323 e. The van der Waals surface area contributed by atoms with Gasteiger partial charge in [-0.2, -0.15) is 5.10 Å². The molecule has 13 heteroatoms. The van der Waals surface area contributed by atoms with Gasteiger partial charge in [0, 0.05) is 49.2 Å². The Morgan fingerprint density at radius 3 is 2.52 bits per heavy atom. The minimum Gasteiger partial charge on any atom is -0.457 e. The van der Waals surface area contributed by atoms with Crippen LogP contribution >= 0.6 is 0 Å². The minimum absolute atomic E-state index is 0.0512. The third-order valence-electron chi connectivity index (χ3n) is 6.64. The van der Waals surface area contributed by atoms with Gasteiger partial charge in [-0.25, -0.2) is 22.6 Å². The molecule has 2 aromatic heterocycles. The van der Waals surface area contributed by atoms with Crippen molar-refractivity contribution in [3.63, 3.8) is 0 Å². The van der Waals surface area contributed by atoms with E-state index in [4.69, 9.17) is 9.84 Å². The highest BCUT2D eigenvalue weighted by Gasteiger charge is 2.19. The quantitative estimate of drug-likeness (QED) is 0.247. The van der Waals surface area contributed by atoms with E-state index in [9.17, 15) is 17.6 Å². The van der Waals surface area contributed by atoms with Gasteiger partial charge in [0.1, 0.15) is 28.8 Å². The number of sulfonamides is 1. The summed E-state index contributed by atoms with van der Waals surface area (Å²) < 4.78 is 47.5. The summed E-state index contributed by atoms with van der Waals surface area (Å²) in [6, 6.07) is 12.5. The predicted molar refractivity (Wildman–Crippen MR) is 160 cm³/mol. The van der Waals surface area contributed by atoms with Gasteiger partial charge in [0.25, 0.3) is 0 Å². The van der Waals surface area contributed by atoms with E-state index in [0.29, 0.717) is 11.4 Å². The number of amides is 2. The highest BCUT2D eigenvalue weighted by molar-refractivity contribution is 7.92. The second-order valence-corrected chi connectivity index (χ2v) is 12.3. The van der Waals surface area contributed by atoms with E-state index in [0.717, 1.165) is 37.4 Å². The average Bonchev–Trinajstić information content (AvgIpc) is 3.33. The summed E-state index contributed by atoms with van der Waals surface area (Å²) >= 11 is 0. The molecule has 2 amide bonds. The molecule has 0 atom stereocenters. The highest BCUT2D eigenvalue weighted by atomic mass is 32.2. The number of rotatable bonds is 8. The SMILES string of the molecule is CC(C)n1cc(NC(=O)Nc2ccc(Oc3ccnc(NS(C)(=O)=O)c3)cc2F)c(-c2ccc3c(c2)CCN(C)C3)n1. The summed E-state index contributed by atoms with van der Waals surface area (Å²) in [5, 5.41) is 10.1. The van der Waals surface area contributed by atoms with Gasteiger partial charge in [0.15, 0.2) is 0 Å². The average molecular weight is 594 g/mol. The lowest BCUT2D eigenvalue weighted by Gasteiger charge is -2.25. The van der Waals surface area contributed by atoms with E-state index in [1.165, 1.54) is 41.6 Å². The Kier molecular flexibility index (Phi) is 8.14. The first kappa shape index (κ1) is 29.0. The molecule has 1 aliphatic rings. The Bertz CT molecular complexity index is 1740. The third-order valence-corrected chi connectivity index (χ3v) is 7.22. The number of carbonyl (C=O) groups excluding carboxylic acids is 1. The summed E-state index contributed by atoms with van der Waals surface area (Å²) in [4.78, 5) is 19.2. The molecule has 0 saturated heterocycles. The minimum atomic E-state index is -3.52. The van der Waals surface area contributed by atoms with Crippen LogP contribution in [-0.4, -0.2) is 54.0 Å². The summed E-state index contributed by atoms with van der Waals surface area (Å²) in [6.07, 6.45) is 5.07. The van der Waals surface area contributed by atoms with Crippen LogP contribution in [0.1, 0.15) is 31.0 Å². The van der Waals surface area contributed by atoms with Crippen LogP contribution in [0.3, 0.4) is 0 Å². The number of ether oxygens (including phenoxy) is 1. The van der Waals surface area contributed by atoms with Gasteiger partial charge >= 0.3 is 6.03 Å². The predicted octanol–water partition coefficient (Wildman–Crippen LogP) is 5.46. The molecule has 0 saturated carbocycles. The van der Waals surface area contributed by atoms with Gasteiger partial charge in [0.2, 0.25) is 10.0 Å². The highest BCUT2D eigenvalue weighted by Crippen LogP contribution is 2.32. The Morgan fingerprint density at radius 1 is 1.02 bits per heavy atom. The number of benzene rings is 2. The zero-order chi connectivity index (χ0) is 30.0. The largest absolute Gasteiger partial charge is 0.457 e. The van der Waals surface area contributed by atoms with Crippen molar-refractivity contribution >= 4 is 33.2 Å². The van der Waals surface area contributed by atoms with Crippen molar-refractivity contribution in [2.24, 2.45) is 0 Å². The van der Waals surface area contributed by atoms with Crippen LogP contribution in [0.5, 0.6) is 11.5 Å². The molecule has 0 spiro atoms. The van der Waals surface area contributed by atoms with Gasteiger partial charge < -0.3 is 20.3 Å². The third kappa shape index (κ3) is 7.04. The van der Waals surface area contributed by atoms with Crippen molar-refractivity contribution in [3.05, 3.63) is 77.9 Å². The number of urea groups is 1. The smallest absolute Gasteiger partial charge is 0.323 e. The number of nitrogens with zero attached hydrogens (tertiary/aromatic N) is 4. The van der Waals surface area contributed by atoms with E-state index in [1.54, 1.807) is 10.9 Å². The van der Waals surface area contributed by atoms with Crippen molar-refractivity contribution in [2.45, 2.75) is 32.9 Å². The van der Waals surface area contributed by atoms with Crippen molar-refractivity contribution in [2.75, 3.05) is 35.2 Å². The molecule has 42 heavy (non-hydrogen) atoms. The Labute approximate surface area is 243 Å². The van der Waals surface area contributed by atoms with Crippen LogP contribution in [-0.2, 0) is 23.0 Å². The van der Waals surface area contributed by atoms with Crippen LogP contribution in [0, 0.1) is 5.82 Å². The number of aromatic nitrogens is 3. The number of hydrogen-bond acceptors (Lipinski definition) is 7. The second-order valence-electron chi connectivity index (χ2n) is 10.5. The van der Waals surface area contributed by atoms with Gasteiger partial charge in [-0.15, -0.1) is 0 Å². The fourth-order valence-electron chi connectivity index (χ4n) is 4.60. The fraction of sp³-hybridized carbons (Fsp3) is 0.276. The zero-order valence-corrected chi connectivity index (χ0v) is 24.5. The first-order valence-corrected chi connectivity index (χ1v) is 15.2. The summed E-state index contributed by atoms with van der Waals surface area (Å²) in [5.74, 6) is -0.260. The van der Waals surface area contributed by atoms with Crippen molar-refractivity contribution in [1.29, 1.82) is 0 Å². The van der Waals surface area contributed by atoms with Crippen LogP contribution in [0.4, 0.5) is 26.4 Å². The molecular weight excluding hydrogens is 561 g/mol. The zero-order valence-electron chi connectivity index (χ0n) is 23.7. The number of fused-ring (bicyclic) bond motifs is 1. The molecule has 0 bridgehead atoms. The molecular formula is C29H32FN7O4S. The molecule has 0 radical (unpaired) electrons. The van der Waals surface area contributed by atoms with Crippen LogP contribution < -0.4 is 20.1 Å². The van der Waals surface area contributed by atoms with Gasteiger partial charge in [0.05, 0.1) is 17.6 Å². The van der Waals surface area contributed by atoms with E-state index < -0.39 is 21.9 Å². The first-order chi connectivity index (χ1) is 19.9. The van der Waals surface area contributed by atoms with Gasteiger partial charge in [-0.1, -0.05) is 12.1 Å². The maximum absolute atomic E-state index is 14.9. The number of anilines is 3. The van der Waals surface area contributed by atoms with Gasteiger partial charge in [-0.3, -0.25) is 9.40 Å². The molecule has 220 valence electrons. The van der Waals surface area contributed by atoms with Crippen molar-refractivity contribution < 1.29 is 22.3 Å². The number of likely N-dealkylation sites (N-methyl/N-ethyl adjacent to an activating group) is 1. The number of pyridine rings is 1. The molecule has 1 aliphatic heterocycles. The van der Waals surface area contributed by atoms with E-state index in [-0.39, 0.29) is 29.0 Å². The van der Waals surface area contributed by atoms with Crippen LogP contribution in [0.15, 0.2) is 60.9 Å². The number of nitrogens with one attached hydrogen (secondary N) is 3. The van der Waals surface area contributed by atoms with E-state index in [2.05, 4.69) is 44.4 Å². The van der Waals surface area contributed by atoms with E-state index in [1.807, 2.05) is 19.9 Å². The lowest BCUT2D eigenvalue weighted by atomic mass is 9.96. The van der Waals surface area contributed by atoms with E-state index >= 15 is 0 Å². The molecule has 0 unspecified atom stereocenters. The normalized spacial score (nSPS) is 13.5. The fourth-order valence-corrected chi connectivity index (χ4v) is 5.09.